The number of fused-ring (bicyclic) bond motifs is 4. The molecule has 1 aliphatic heterocycles. The lowest BCUT2D eigenvalue weighted by molar-refractivity contribution is 0.156. The third-order valence-electron chi connectivity index (χ3n) is 5.86. The van der Waals surface area contributed by atoms with Gasteiger partial charge in [-0.15, -0.1) is 0 Å². The van der Waals surface area contributed by atoms with E-state index in [0.29, 0.717) is 46.6 Å². The minimum Gasteiger partial charge on any atom is -0.507 e. The topological polar surface area (TPSA) is 91.6 Å². The number of aromatic amines is 1. The summed E-state index contributed by atoms with van der Waals surface area (Å²) in [6.45, 7) is 4.60. The summed E-state index contributed by atoms with van der Waals surface area (Å²) >= 11 is 0. The Morgan fingerprint density at radius 2 is 2.06 bits per heavy atom. The van der Waals surface area contributed by atoms with Crippen LogP contribution in [0.25, 0.3) is 39.1 Å². The Kier molecular flexibility index (Phi) is 4.60. The molecule has 2 aromatic carbocycles. The third-order valence-corrected chi connectivity index (χ3v) is 5.86. The molecule has 0 atom stereocenters. The summed E-state index contributed by atoms with van der Waals surface area (Å²) in [6.07, 6.45) is 7.55. The van der Waals surface area contributed by atoms with Crippen LogP contribution in [-0.2, 0) is 6.42 Å². The minimum atomic E-state index is -0.528. The number of nitrogens with one attached hydrogen (secondary N) is 1. The summed E-state index contributed by atoms with van der Waals surface area (Å²) in [7, 11) is 3.93. The normalized spacial score (nSPS) is 14.8. The van der Waals surface area contributed by atoms with E-state index < -0.39 is 5.60 Å². The molecular weight excluding hydrogens is 406 g/mol. The molecule has 7 heteroatoms. The Morgan fingerprint density at radius 3 is 2.84 bits per heavy atom. The van der Waals surface area contributed by atoms with Crippen molar-refractivity contribution in [1.29, 1.82) is 0 Å². The van der Waals surface area contributed by atoms with E-state index >= 15 is 0 Å². The number of likely N-dealkylation sites (N-methyl/N-ethyl adjacent to an activating group) is 1. The van der Waals surface area contributed by atoms with Gasteiger partial charge in [-0.25, -0.2) is 0 Å². The molecule has 2 aromatic heterocycles. The Hall–Kier alpha value is -3.58. The first kappa shape index (κ1) is 20.3. The molecule has 0 saturated carbocycles. The monoisotopic (exact) mass is 431 g/mol. The van der Waals surface area contributed by atoms with Crippen LogP contribution in [0.1, 0.15) is 25.0 Å². The molecule has 3 heterocycles. The highest BCUT2D eigenvalue weighted by Gasteiger charge is 2.30. The van der Waals surface area contributed by atoms with E-state index in [-0.39, 0.29) is 16.6 Å². The van der Waals surface area contributed by atoms with Crippen LogP contribution in [0, 0.1) is 0 Å². The molecule has 0 amide bonds. The number of aromatic nitrogens is 2. The number of H-pyrrole nitrogens is 1. The molecular formula is C25H25N3O4. The van der Waals surface area contributed by atoms with Crippen LogP contribution in [0.5, 0.6) is 11.5 Å². The van der Waals surface area contributed by atoms with Crippen LogP contribution in [0.15, 0.2) is 45.9 Å². The molecule has 7 nitrogen and oxygen atoms in total. The molecule has 0 spiro atoms. The van der Waals surface area contributed by atoms with Crippen molar-refractivity contribution in [2.24, 2.45) is 0 Å². The molecule has 4 aromatic rings. The zero-order valence-electron chi connectivity index (χ0n) is 18.5. The van der Waals surface area contributed by atoms with Gasteiger partial charge in [0.1, 0.15) is 28.7 Å². The predicted molar refractivity (Wildman–Crippen MR) is 125 cm³/mol. The second kappa shape index (κ2) is 7.24. The van der Waals surface area contributed by atoms with Gasteiger partial charge in [-0.2, -0.15) is 5.10 Å². The SMILES string of the molecule is CN(C)CCc1c2c(c3occ(-c4ccc5[nH]ncc5c4)c(=O)c3c1O)C=CC(C)(C)O2. The smallest absolute Gasteiger partial charge is 0.204 e. The molecule has 0 unspecified atom stereocenters. The lowest BCUT2D eigenvalue weighted by Crippen LogP contribution is -2.29. The molecule has 1 aliphatic rings. The number of rotatable bonds is 4. The van der Waals surface area contributed by atoms with Crippen molar-refractivity contribution >= 4 is 27.9 Å². The van der Waals surface area contributed by atoms with Crippen molar-refractivity contribution in [2.75, 3.05) is 20.6 Å². The van der Waals surface area contributed by atoms with Crippen LogP contribution in [0.2, 0.25) is 0 Å². The van der Waals surface area contributed by atoms with E-state index in [2.05, 4.69) is 10.2 Å². The average Bonchev–Trinajstić information content (AvgIpc) is 3.20. The number of hydrogen-bond donors (Lipinski definition) is 2. The van der Waals surface area contributed by atoms with Gasteiger partial charge in [0.2, 0.25) is 5.43 Å². The molecule has 164 valence electrons. The summed E-state index contributed by atoms with van der Waals surface area (Å²) < 4.78 is 12.2. The number of phenols is 1. The molecule has 32 heavy (non-hydrogen) atoms. The van der Waals surface area contributed by atoms with E-state index in [0.717, 1.165) is 10.9 Å². The maximum absolute atomic E-state index is 13.6. The summed E-state index contributed by atoms with van der Waals surface area (Å²) in [5, 5.41) is 19.3. The highest BCUT2D eigenvalue weighted by molar-refractivity contribution is 5.97. The maximum atomic E-state index is 13.6. The first-order valence-electron chi connectivity index (χ1n) is 10.5. The Balaban J connectivity index is 1.77. The quantitative estimate of drug-likeness (QED) is 0.500. The first-order chi connectivity index (χ1) is 15.2. The molecule has 5 rings (SSSR count). The van der Waals surface area contributed by atoms with Crippen LogP contribution in [-0.4, -0.2) is 46.4 Å². The van der Waals surface area contributed by atoms with Gasteiger partial charge < -0.3 is 19.2 Å². The predicted octanol–water partition coefficient (Wildman–Crippen LogP) is 4.33. The van der Waals surface area contributed by atoms with E-state index in [1.807, 2.05) is 63.2 Å². The fourth-order valence-corrected chi connectivity index (χ4v) is 4.13. The second-order valence-electron chi connectivity index (χ2n) is 9.02. The number of hydrogen-bond acceptors (Lipinski definition) is 6. The Morgan fingerprint density at radius 1 is 1.25 bits per heavy atom. The van der Waals surface area contributed by atoms with Crippen molar-refractivity contribution in [3.63, 3.8) is 0 Å². The molecule has 0 saturated heterocycles. The molecule has 0 radical (unpaired) electrons. The molecule has 0 bridgehead atoms. The lowest BCUT2D eigenvalue weighted by atomic mass is 9.94. The van der Waals surface area contributed by atoms with Gasteiger partial charge in [-0.3, -0.25) is 9.89 Å². The zero-order chi connectivity index (χ0) is 22.6. The Bertz CT molecular complexity index is 1440. The fourth-order valence-electron chi connectivity index (χ4n) is 4.13. The number of ether oxygens (including phenoxy) is 1. The number of nitrogens with zero attached hydrogens (tertiary/aromatic N) is 2. The van der Waals surface area contributed by atoms with E-state index in [1.54, 1.807) is 6.20 Å². The standard InChI is InChI=1S/C25H25N3O4/c1-25(2)9-7-17-23(32-25)16(8-10-28(3)4)21(29)20-22(30)18(13-31-24(17)20)14-5-6-19-15(11-14)12-26-27-19/h5-7,9,11-13,29H,8,10H2,1-4H3,(H,26,27). The van der Waals surface area contributed by atoms with Gasteiger partial charge in [0.25, 0.3) is 0 Å². The fraction of sp³-hybridized carbons (Fsp3) is 0.280. The van der Waals surface area contributed by atoms with Gasteiger partial charge in [0.05, 0.1) is 22.8 Å². The maximum Gasteiger partial charge on any atom is 0.204 e. The molecule has 0 aliphatic carbocycles. The van der Waals surface area contributed by atoms with E-state index in [9.17, 15) is 9.90 Å². The van der Waals surface area contributed by atoms with Crippen molar-refractivity contribution < 1.29 is 14.3 Å². The van der Waals surface area contributed by atoms with Crippen molar-refractivity contribution in [3.05, 3.63) is 58.1 Å². The summed E-state index contributed by atoms with van der Waals surface area (Å²) in [4.78, 5) is 15.6. The van der Waals surface area contributed by atoms with Crippen LogP contribution < -0.4 is 10.2 Å². The minimum absolute atomic E-state index is 0.0771. The highest BCUT2D eigenvalue weighted by Crippen LogP contribution is 2.44. The van der Waals surface area contributed by atoms with Crippen LogP contribution >= 0.6 is 0 Å². The van der Waals surface area contributed by atoms with Crippen LogP contribution in [0.3, 0.4) is 0 Å². The summed E-state index contributed by atoms with van der Waals surface area (Å²) in [6, 6.07) is 5.59. The van der Waals surface area contributed by atoms with Gasteiger partial charge in [0, 0.05) is 17.5 Å². The van der Waals surface area contributed by atoms with Crippen molar-refractivity contribution in [2.45, 2.75) is 25.9 Å². The average molecular weight is 431 g/mol. The van der Waals surface area contributed by atoms with E-state index in [1.165, 1.54) is 6.26 Å². The van der Waals surface area contributed by atoms with Gasteiger partial charge in [-0.1, -0.05) is 6.07 Å². The van der Waals surface area contributed by atoms with Crippen molar-refractivity contribution in [3.8, 4) is 22.6 Å². The largest absolute Gasteiger partial charge is 0.507 e. The van der Waals surface area contributed by atoms with E-state index in [4.69, 9.17) is 9.15 Å². The first-order valence-corrected chi connectivity index (χ1v) is 10.5. The van der Waals surface area contributed by atoms with Gasteiger partial charge in [-0.05, 0) is 64.2 Å². The highest BCUT2D eigenvalue weighted by atomic mass is 16.5. The third kappa shape index (κ3) is 3.26. The molecule has 2 N–H and O–H groups in total. The Labute approximate surface area is 184 Å². The molecule has 0 fully saturated rings. The van der Waals surface area contributed by atoms with Crippen LogP contribution in [0.4, 0.5) is 0 Å². The number of aromatic hydroxyl groups is 1. The van der Waals surface area contributed by atoms with Gasteiger partial charge in [0.15, 0.2) is 5.58 Å². The number of phenolic OH excluding ortho intramolecular Hbond substituents is 1. The second-order valence-corrected chi connectivity index (χ2v) is 9.02. The summed E-state index contributed by atoms with van der Waals surface area (Å²) in [5.41, 5.74) is 2.79. The van der Waals surface area contributed by atoms with Crippen molar-refractivity contribution in [1.82, 2.24) is 15.1 Å². The number of benzene rings is 2. The van der Waals surface area contributed by atoms with Gasteiger partial charge >= 0.3 is 0 Å². The lowest BCUT2D eigenvalue weighted by Gasteiger charge is -2.30. The summed E-state index contributed by atoms with van der Waals surface area (Å²) in [5.74, 6) is 0.492. The zero-order valence-corrected chi connectivity index (χ0v) is 18.5.